The molecule has 136 valence electrons. The van der Waals surface area contributed by atoms with Gasteiger partial charge in [0.05, 0.1) is 37.1 Å². The van der Waals surface area contributed by atoms with Gasteiger partial charge < -0.3 is 14.4 Å². The molecule has 1 amide bonds. The number of carbonyl (C=O) groups is 1. The number of hydrogen-bond donors (Lipinski definition) is 0. The number of rotatable bonds is 6. The van der Waals surface area contributed by atoms with Crippen molar-refractivity contribution < 1.29 is 14.3 Å². The van der Waals surface area contributed by atoms with Gasteiger partial charge in [-0.1, -0.05) is 0 Å². The Bertz CT molecular complexity index is 858. The zero-order chi connectivity index (χ0) is 18.1. The van der Waals surface area contributed by atoms with E-state index in [9.17, 15) is 4.79 Å². The first-order valence-electron chi connectivity index (χ1n) is 8.75. The Morgan fingerprint density at radius 3 is 3.00 bits per heavy atom. The summed E-state index contributed by atoms with van der Waals surface area (Å²) in [6.45, 7) is 6.65. The van der Waals surface area contributed by atoms with E-state index in [1.54, 1.807) is 11.1 Å². The minimum atomic E-state index is -0.289. The second kappa shape index (κ2) is 6.78. The fraction of sp³-hybridized carbons (Fsp3) is 0.444. The molecule has 1 fully saturated rings. The summed E-state index contributed by atoms with van der Waals surface area (Å²) in [6, 6.07) is 2.25. The van der Waals surface area contributed by atoms with Crippen molar-refractivity contribution in [1.29, 1.82) is 0 Å². The Labute approximate surface area is 151 Å². The first-order chi connectivity index (χ1) is 12.6. The lowest BCUT2D eigenvalue weighted by Crippen LogP contribution is -2.29. The van der Waals surface area contributed by atoms with Crippen LogP contribution in [-0.4, -0.2) is 57.8 Å². The smallest absolute Gasteiger partial charge is 0.410 e. The van der Waals surface area contributed by atoms with Gasteiger partial charge in [-0.05, 0) is 25.5 Å². The van der Waals surface area contributed by atoms with Gasteiger partial charge in [0.2, 0.25) is 5.88 Å². The lowest BCUT2D eigenvalue weighted by atomic mass is 10.0. The molecule has 2 aromatic rings. The van der Waals surface area contributed by atoms with Gasteiger partial charge in [0.15, 0.2) is 0 Å². The number of fused-ring (bicyclic) bond motifs is 1. The quantitative estimate of drug-likeness (QED) is 0.792. The van der Waals surface area contributed by atoms with Crippen LogP contribution in [-0.2, 0) is 11.3 Å². The van der Waals surface area contributed by atoms with Crippen molar-refractivity contribution >= 4 is 11.8 Å². The van der Waals surface area contributed by atoms with Crippen molar-refractivity contribution in [3.8, 4) is 5.88 Å². The van der Waals surface area contributed by atoms with Crippen LogP contribution in [0.4, 0.5) is 4.79 Å². The van der Waals surface area contributed by atoms with E-state index in [1.165, 1.54) is 0 Å². The summed E-state index contributed by atoms with van der Waals surface area (Å²) in [5.74, 6) is 0.545. The Morgan fingerprint density at radius 2 is 2.27 bits per heavy atom. The number of aromatic nitrogens is 3. The zero-order valence-electron chi connectivity index (χ0n) is 14.9. The number of ether oxygens (including phenoxy) is 2. The molecule has 0 radical (unpaired) electrons. The van der Waals surface area contributed by atoms with Crippen molar-refractivity contribution in [1.82, 2.24) is 19.7 Å². The molecular formula is C18H21N5O3. The minimum absolute atomic E-state index is 0.287. The highest BCUT2D eigenvalue weighted by molar-refractivity contribution is 6.16. The van der Waals surface area contributed by atoms with Crippen molar-refractivity contribution in [3.63, 3.8) is 0 Å². The summed E-state index contributed by atoms with van der Waals surface area (Å²) in [5, 5.41) is 4.40. The number of hydrogen-bond acceptors (Lipinski definition) is 6. The lowest BCUT2D eigenvalue weighted by Gasteiger charge is -2.14. The first-order valence-corrected chi connectivity index (χ1v) is 8.75. The van der Waals surface area contributed by atoms with E-state index in [0.717, 1.165) is 22.4 Å². The number of cyclic esters (lactones) is 1. The zero-order valence-corrected chi connectivity index (χ0v) is 14.9. The molecule has 4 heterocycles. The predicted molar refractivity (Wildman–Crippen MR) is 94.6 cm³/mol. The van der Waals surface area contributed by atoms with Gasteiger partial charge >= 0.3 is 6.09 Å². The highest BCUT2D eigenvalue weighted by Gasteiger charge is 2.25. The van der Waals surface area contributed by atoms with Crippen LogP contribution in [0.2, 0.25) is 0 Å². The van der Waals surface area contributed by atoms with E-state index in [2.05, 4.69) is 28.9 Å². The molecule has 8 heteroatoms. The second-order valence-electron chi connectivity index (χ2n) is 6.57. The van der Waals surface area contributed by atoms with E-state index in [0.29, 0.717) is 38.7 Å². The number of amides is 1. The van der Waals surface area contributed by atoms with Crippen LogP contribution >= 0.6 is 0 Å². The van der Waals surface area contributed by atoms with Gasteiger partial charge in [-0.15, -0.1) is 0 Å². The Hall–Kier alpha value is -2.90. The molecule has 0 N–H and O–H groups in total. The van der Waals surface area contributed by atoms with Crippen LogP contribution in [0.15, 0.2) is 29.6 Å². The molecule has 0 aliphatic carbocycles. The van der Waals surface area contributed by atoms with Crippen molar-refractivity contribution in [2.24, 2.45) is 4.99 Å². The molecule has 26 heavy (non-hydrogen) atoms. The Kier molecular flexibility index (Phi) is 4.32. The van der Waals surface area contributed by atoms with Crippen LogP contribution in [0.5, 0.6) is 5.88 Å². The maximum absolute atomic E-state index is 11.5. The van der Waals surface area contributed by atoms with Gasteiger partial charge in [0.1, 0.15) is 13.2 Å². The number of nitrogens with zero attached hydrogens (tertiary/aromatic N) is 5. The van der Waals surface area contributed by atoms with E-state index >= 15 is 0 Å². The third-order valence-corrected chi connectivity index (χ3v) is 4.50. The molecule has 0 unspecified atom stereocenters. The van der Waals surface area contributed by atoms with Crippen LogP contribution in [0, 0.1) is 0 Å². The molecule has 0 spiro atoms. The average Bonchev–Trinajstić information content (AvgIpc) is 3.34. The van der Waals surface area contributed by atoms with Crippen LogP contribution in [0.3, 0.4) is 0 Å². The number of pyridine rings is 1. The van der Waals surface area contributed by atoms with Crippen LogP contribution < -0.4 is 4.74 Å². The third-order valence-electron chi connectivity index (χ3n) is 4.50. The van der Waals surface area contributed by atoms with Crippen molar-refractivity contribution in [2.75, 3.05) is 26.3 Å². The summed E-state index contributed by atoms with van der Waals surface area (Å²) < 4.78 is 12.7. The monoisotopic (exact) mass is 355 g/mol. The summed E-state index contributed by atoms with van der Waals surface area (Å²) in [6.07, 6.45) is 5.26. The lowest BCUT2D eigenvalue weighted by molar-refractivity contribution is 0.152. The molecular weight excluding hydrogens is 334 g/mol. The second-order valence-corrected chi connectivity index (χ2v) is 6.57. The topological polar surface area (TPSA) is 81.8 Å². The highest BCUT2D eigenvalue weighted by Crippen LogP contribution is 2.29. The maximum atomic E-state index is 11.5. The molecule has 8 nitrogen and oxygen atoms in total. The normalized spacial score (nSPS) is 16.0. The van der Waals surface area contributed by atoms with Gasteiger partial charge in [-0.2, -0.15) is 5.10 Å². The van der Waals surface area contributed by atoms with E-state index in [-0.39, 0.29) is 12.1 Å². The molecule has 2 aromatic heterocycles. The van der Waals surface area contributed by atoms with E-state index in [1.807, 2.05) is 23.1 Å². The first kappa shape index (κ1) is 16.6. The fourth-order valence-electron chi connectivity index (χ4n) is 3.08. The Morgan fingerprint density at radius 1 is 1.38 bits per heavy atom. The van der Waals surface area contributed by atoms with E-state index in [4.69, 9.17) is 9.47 Å². The molecule has 0 saturated carbocycles. The van der Waals surface area contributed by atoms with Crippen LogP contribution in [0.1, 0.15) is 36.6 Å². The number of aliphatic imine (C=N–C) groups is 1. The fourth-order valence-corrected chi connectivity index (χ4v) is 3.08. The third kappa shape index (κ3) is 3.02. The molecule has 2 aliphatic rings. The molecule has 0 aromatic carbocycles. The summed E-state index contributed by atoms with van der Waals surface area (Å²) >= 11 is 0. The summed E-state index contributed by atoms with van der Waals surface area (Å²) in [4.78, 5) is 22.2. The standard InChI is InChI=1S/C18H21N5O3/c1-12(2)23-11-14(10-21-23)16-15-13(9-20-16)3-4-19-17(15)25-7-5-22-6-8-26-18(22)24/h3-4,10-12H,5-9H2,1-2H3. The minimum Gasteiger partial charge on any atom is -0.475 e. The average molecular weight is 355 g/mol. The predicted octanol–water partition coefficient (Wildman–Crippen LogP) is 2.04. The highest BCUT2D eigenvalue weighted by atomic mass is 16.6. The van der Waals surface area contributed by atoms with Gasteiger partial charge in [0.25, 0.3) is 0 Å². The van der Waals surface area contributed by atoms with Gasteiger partial charge in [-0.25, -0.2) is 9.78 Å². The van der Waals surface area contributed by atoms with Crippen molar-refractivity contribution in [2.45, 2.75) is 26.4 Å². The van der Waals surface area contributed by atoms with Gasteiger partial charge in [-0.3, -0.25) is 9.67 Å². The Balaban J connectivity index is 1.52. The van der Waals surface area contributed by atoms with E-state index < -0.39 is 0 Å². The van der Waals surface area contributed by atoms with Gasteiger partial charge in [0, 0.05) is 24.0 Å². The molecule has 4 rings (SSSR count). The molecule has 0 bridgehead atoms. The molecule has 0 atom stereocenters. The molecule has 1 saturated heterocycles. The maximum Gasteiger partial charge on any atom is 0.410 e. The van der Waals surface area contributed by atoms with Crippen LogP contribution in [0.25, 0.3) is 0 Å². The summed E-state index contributed by atoms with van der Waals surface area (Å²) in [5.41, 5.74) is 3.82. The largest absolute Gasteiger partial charge is 0.475 e. The SMILES string of the molecule is CC(C)n1cc(C2=NCc3ccnc(OCCN4CCOC4=O)c32)cn1. The number of carbonyl (C=O) groups excluding carboxylic acids is 1. The summed E-state index contributed by atoms with van der Waals surface area (Å²) in [7, 11) is 0. The van der Waals surface area contributed by atoms with Crippen molar-refractivity contribution in [3.05, 3.63) is 41.3 Å². The molecule has 2 aliphatic heterocycles.